The van der Waals surface area contributed by atoms with Crippen molar-refractivity contribution in [3.8, 4) is 0 Å². The fourth-order valence-corrected chi connectivity index (χ4v) is 4.70. The van der Waals surface area contributed by atoms with Crippen LogP contribution in [0.5, 0.6) is 0 Å². The van der Waals surface area contributed by atoms with Crippen molar-refractivity contribution in [1.82, 2.24) is 5.32 Å². The third-order valence-electron chi connectivity index (χ3n) is 6.17. The van der Waals surface area contributed by atoms with Gasteiger partial charge in [0.05, 0.1) is 7.85 Å². The molecule has 1 aromatic rings. The number of nitrogens with two attached hydrogens (primary N) is 1. The van der Waals surface area contributed by atoms with Crippen molar-refractivity contribution in [1.29, 1.82) is 0 Å². The zero-order valence-electron chi connectivity index (χ0n) is 14.9. The van der Waals surface area contributed by atoms with E-state index >= 15 is 0 Å². The highest BCUT2D eigenvalue weighted by Crippen LogP contribution is 2.41. The third-order valence-corrected chi connectivity index (χ3v) is 6.17. The van der Waals surface area contributed by atoms with Crippen LogP contribution in [0.3, 0.4) is 0 Å². The Hall–Kier alpha value is -1.33. The largest absolute Gasteiger partial charge is 0.480 e. The first-order valence-electron chi connectivity index (χ1n) is 9.55. The molecule has 4 atom stereocenters. The second-order valence-electron chi connectivity index (χ2n) is 7.90. The lowest BCUT2D eigenvalue weighted by Crippen LogP contribution is -2.51. The molecule has 1 aromatic carbocycles. The molecule has 2 aliphatic carbocycles. The first-order valence-corrected chi connectivity index (χ1v) is 9.55. The molecule has 4 nitrogen and oxygen atoms in total. The maximum Gasteiger partial charge on any atom is 0.323 e. The predicted octanol–water partition coefficient (Wildman–Crippen LogP) is 2.31. The topological polar surface area (TPSA) is 75.3 Å². The summed E-state index contributed by atoms with van der Waals surface area (Å²) in [6, 6.07) is 9.14. The molecule has 0 aromatic heterocycles. The van der Waals surface area contributed by atoms with Crippen LogP contribution in [0.15, 0.2) is 24.3 Å². The molecular formula is C20H29BN2O2. The molecule has 0 amide bonds. The summed E-state index contributed by atoms with van der Waals surface area (Å²) < 4.78 is 0. The molecule has 0 saturated heterocycles. The SMILES string of the molecule is [B]CCC[C@H]1C[C@H](CNC2CCc3ccccc3C2)C[C@@]1(N)C(=O)O. The van der Waals surface area contributed by atoms with Crippen molar-refractivity contribution >= 4 is 13.8 Å². The molecule has 1 fully saturated rings. The number of aryl methyl sites for hydroxylation is 1. The second kappa shape index (κ2) is 7.92. The minimum atomic E-state index is -1.08. The molecule has 134 valence electrons. The van der Waals surface area contributed by atoms with Gasteiger partial charge in [-0.1, -0.05) is 37.0 Å². The van der Waals surface area contributed by atoms with Gasteiger partial charge in [0.15, 0.2) is 0 Å². The Labute approximate surface area is 152 Å². The quantitative estimate of drug-likeness (QED) is 0.666. The highest BCUT2D eigenvalue weighted by atomic mass is 16.4. The highest BCUT2D eigenvalue weighted by molar-refractivity contribution is 6.08. The van der Waals surface area contributed by atoms with E-state index in [1.165, 1.54) is 11.1 Å². The number of carboxylic acid groups (broad SMARTS) is 1. The molecule has 3 rings (SSSR count). The first kappa shape index (κ1) is 18.5. The van der Waals surface area contributed by atoms with Crippen molar-refractivity contribution in [2.45, 2.75) is 62.8 Å². The molecule has 2 aliphatic rings. The lowest BCUT2D eigenvalue weighted by Gasteiger charge is -2.27. The fraction of sp³-hybridized carbons (Fsp3) is 0.650. The number of fused-ring (bicyclic) bond motifs is 1. The van der Waals surface area contributed by atoms with Gasteiger partial charge < -0.3 is 16.2 Å². The normalized spacial score (nSPS) is 31.6. The number of hydrogen-bond acceptors (Lipinski definition) is 3. The van der Waals surface area contributed by atoms with Gasteiger partial charge in [0.2, 0.25) is 0 Å². The molecular weight excluding hydrogens is 311 g/mol. The van der Waals surface area contributed by atoms with E-state index < -0.39 is 11.5 Å². The van der Waals surface area contributed by atoms with Crippen molar-refractivity contribution in [2.75, 3.05) is 6.54 Å². The summed E-state index contributed by atoms with van der Waals surface area (Å²) >= 11 is 0. The average Bonchev–Trinajstić information content (AvgIpc) is 2.95. The summed E-state index contributed by atoms with van der Waals surface area (Å²) in [5.41, 5.74) is 8.11. The molecule has 0 aliphatic heterocycles. The molecule has 0 bridgehead atoms. The summed E-state index contributed by atoms with van der Waals surface area (Å²) in [6.45, 7) is 0.859. The van der Waals surface area contributed by atoms with Gasteiger partial charge >= 0.3 is 5.97 Å². The summed E-state index contributed by atoms with van der Waals surface area (Å²) in [5.74, 6) is -0.489. The fourth-order valence-electron chi connectivity index (χ4n) is 4.70. The number of hydrogen-bond donors (Lipinski definition) is 3. The van der Waals surface area contributed by atoms with Gasteiger partial charge in [0, 0.05) is 6.04 Å². The zero-order chi connectivity index (χ0) is 17.9. The maximum absolute atomic E-state index is 11.7. The van der Waals surface area contributed by atoms with E-state index in [1.807, 2.05) is 0 Å². The van der Waals surface area contributed by atoms with Crippen LogP contribution >= 0.6 is 0 Å². The van der Waals surface area contributed by atoms with Gasteiger partial charge in [-0.25, -0.2) is 0 Å². The summed E-state index contributed by atoms with van der Waals surface area (Å²) in [7, 11) is 5.60. The van der Waals surface area contributed by atoms with Crippen LogP contribution in [-0.4, -0.2) is 37.0 Å². The summed E-state index contributed by atoms with van der Waals surface area (Å²) in [5, 5.41) is 13.3. The number of benzene rings is 1. The number of carboxylic acids is 1. The Balaban J connectivity index is 1.54. The number of aliphatic carboxylic acids is 1. The molecule has 1 saturated carbocycles. The van der Waals surface area contributed by atoms with Crippen molar-refractivity contribution in [3.63, 3.8) is 0 Å². The van der Waals surface area contributed by atoms with Crippen molar-refractivity contribution < 1.29 is 9.90 Å². The monoisotopic (exact) mass is 340 g/mol. The third kappa shape index (κ3) is 4.09. The summed E-state index contributed by atoms with van der Waals surface area (Å²) in [6.07, 6.45) is 7.03. The van der Waals surface area contributed by atoms with Crippen molar-refractivity contribution in [2.24, 2.45) is 17.6 Å². The van der Waals surface area contributed by atoms with Crippen LogP contribution < -0.4 is 11.1 Å². The molecule has 4 N–H and O–H groups in total. The van der Waals surface area contributed by atoms with E-state index in [0.717, 1.165) is 45.1 Å². The number of carbonyl (C=O) groups is 1. The van der Waals surface area contributed by atoms with Gasteiger partial charge in [0.25, 0.3) is 0 Å². The van der Waals surface area contributed by atoms with E-state index in [-0.39, 0.29) is 5.92 Å². The smallest absolute Gasteiger partial charge is 0.323 e. The second-order valence-corrected chi connectivity index (χ2v) is 7.90. The van der Waals surface area contributed by atoms with Crippen LogP contribution in [0, 0.1) is 11.8 Å². The molecule has 0 heterocycles. The van der Waals surface area contributed by atoms with Crippen LogP contribution in [0.1, 0.15) is 43.2 Å². The minimum Gasteiger partial charge on any atom is -0.480 e. The lowest BCUT2D eigenvalue weighted by atomic mass is 9.83. The zero-order valence-corrected chi connectivity index (χ0v) is 14.9. The molecule has 2 radical (unpaired) electrons. The summed E-state index contributed by atoms with van der Waals surface area (Å²) in [4.78, 5) is 11.7. The van der Waals surface area contributed by atoms with Crippen LogP contribution in [0.4, 0.5) is 0 Å². The average molecular weight is 340 g/mol. The standard InChI is InChI=1S/C20H29BN2O2/c21-9-3-6-17-10-14(12-20(17,22)19(24)25)13-23-18-8-7-15-4-1-2-5-16(15)11-18/h1-2,4-5,14,17-18,23H,3,6-13,22H2,(H,24,25)/t14-,17-,18?,20-/m0/s1. The van der Waals surface area contributed by atoms with Crippen LogP contribution in [0.25, 0.3) is 0 Å². The molecule has 25 heavy (non-hydrogen) atoms. The Kier molecular flexibility index (Phi) is 5.85. The predicted molar refractivity (Wildman–Crippen MR) is 101 cm³/mol. The van der Waals surface area contributed by atoms with Crippen LogP contribution in [-0.2, 0) is 17.6 Å². The van der Waals surface area contributed by atoms with E-state index in [0.29, 0.717) is 24.7 Å². The Bertz CT molecular complexity index is 609. The van der Waals surface area contributed by atoms with Gasteiger partial charge in [-0.3, -0.25) is 4.79 Å². The van der Waals surface area contributed by atoms with Gasteiger partial charge in [-0.15, -0.1) is 0 Å². The molecule has 0 spiro atoms. The molecule has 1 unspecified atom stereocenters. The van der Waals surface area contributed by atoms with Crippen molar-refractivity contribution in [3.05, 3.63) is 35.4 Å². The Morgan fingerprint density at radius 1 is 1.36 bits per heavy atom. The van der Waals surface area contributed by atoms with Gasteiger partial charge in [-0.2, -0.15) is 0 Å². The van der Waals surface area contributed by atoms with E-state index in [2.05, 4.69) is 29.6 Å². The number of nitrogens with one attached hydrogen (secondary N) is 1. The van der Waals surface area contributed by atoms with E-state index in [4.69, 9.17) is 13.6 Å². The Morgan fingerprint density at radius 3 is 2.84 bits per heavy atom. The van der Waals surface area contributed by atoms with Crippen LogP contribution in [0.2, 0.25) is 6.32 Å². The maximum atomic E-state index is 11.7. The first-order chi connectivity index (χ1) is 12.0. The van der Waals surface area contributed by atoms with Gasteiger partial charge in [-0.05, 0) is 68.0 Å². The lowest BCUT2D eigenvalue weighted by molar-refractivity contribution is -0.145. The molecule has 5 heteroatoms. The number of rotatable bonds is 7. The minimum absolute atomic E-state index is 0.0347. The highest BCUT2D eigenvalue weighted by Gasteiger charge is 2.49. The van der Waals surface area contributed by atoms with E-state index in [1.54, 1.807) is 0 Å². The van der Waals surface area contributed by atoms with E-state index in [9.17, 15) is 9.90 Å². The Morgan fingerprint density at radius 2 is 2.12 bits per heavy atom. The van der Waals surface area contributed by atoms with Gasteiger partial charge in [0.1, 0.15) is 5.54 Å².